The number of nitrogens with zero attached hydrogens (tertiary/aromatic N) is 3. The van der Waals surface area contributed by atoms with E-state index in [-0.39, 0.29) is 0 Å². The fourth-order valence-electron chi connectivity index (χ4n) is 2.16. The predicted molar refractivity (Wildman–Crippen MR) is 86.4 cm³/mol. The lowest BCUT2D eigenvalue weighted by Gasteiger charge is -1.95. The molecule has 0 spiro atoms. The van der Waals surface area contributed by atoms with Crippen molar-refractivity contribution in [2.75, 3.05) is 5.32 Å². The van der Waals surface area contributed by atoms with Gasteiger partial charge in [-0.05, 0) is 17.7 Å². The summed E-state index contributed by atoms with van der Waals surface area (Å²) in [5.74, 6) is 0. The standard InChI is InChI=1S/C16H12N4OS/c1-2-6-11(7-3-1)10-14-19-20-16(22-14)18-15-17-12-8-4-5-9-13(12)21-15/h1-9H,10H2,(H,17,18,20). The average Bonchev–Trinajstić information content (AvgIpc) is 3.14. The van der Waals surface area contributed by atoms with Crippen molar-refractivity contribution >= 4 is 33.6 Å². The summed E-state index contributed by atoms with van der Waals surface area (Å²) in [6.45, 7) is 0. The van der Waals surface area contributed by atoms with Gasteiger partial charge in [0, 0.05) is 6.42 Å². The minimum absolute atomic E-state index is 0.434. The van der Waals surface area contributed by atoms with E-state index in [1.54, 1.807) is 0 Å². The second-order valence-corrected chi connectivity index (χ2v) is 5.84. The van der Waals surface area contributed by atoms with Crippen molar-refractivity contribution in [3.8, 4) is 0 Å². The molecule has 0 unspecified atom stereocenters. The van der Waals surface area contributed by atoms with E-state index in [0.29, 0.717) is 11.1 Å². The molecule has 0 amide bonds. The molecule has 0 saturated heterocycles. The van der Waals surface area contributed by atoms with Gasteiger partial charge in [0.15, 0.2) is 5.58 Å². The number of benzene rings is 2. The van der Waals surface area contributed by atoms with Gasteiger partial charge in [-0.2, -0.15) is 4.98 Å². The van der Waals surface area contributed by atoms with Gasteiger partial charge in [0.2, 0.25) is 5.13 Å². The molecule has 2 aromatic heterocycles. The highest BCUT2D eigenvalue weighted by Crippen LogP contribution is 2.24. The molecule has 1 N–H and O–H groups in total. The van der Waals surface area contributed by atoms with Crippen molar-refractivity contribution in [3.05, 3.63) is 65.2 Å². The molecule has 22 heavy (non-hydrogen) atoms. The topological polar surface area (TPSA) is 63.8 Å². The summed E-state index contributed by atoms with van der Waals surface area (Å²) in [6.07, 6.45) is 0.772. The molecule has 6 heteroatoms. The maximum Gasteiger partial charge on any atom is 0.302 e. The highest BCUT2D eigenvalue weighted by Gasteiger charge is 2.09. The van der Waals surface area contributed by atoms with Crippen LogP contribution in [0.4, 0.5) is 11.1 Å². The van der Waals surface area contributed by atoms with Gasteiger partial charge in [-0.15, -0.1) is 10.2 Å². The van der Waals surface area contributed by atoms with Crippen molar-refractivity contribution in [2.45, 2.75) is 6.42 Å². The number of hydrogen-bond acceptors (Lipinski definition) is 6. The Bertz CT molecular complexity index is 868. The summed E-state index contributed by atoms with van der Waals surface area (Å²) in [7, 11) is 0. The lowest BCUT2D eigenvalue weighted by molar-refractivity contribution is 0.622. The average molecular weight is 308 g/mol. The van der Waals surface area contributed by atoms with E-state index in [1.165, 1.54) is 16.9 Å². The third-order valence-corrected chi connectivity index (χ3v) is 4.01. The fraction of sp³-hybridized carbons (Fsp3) is 0.0625. The van der Waals surface area contributed by atoms with Gasteiger partial charge >= 0.3 is 6.01 Å². The Morgan fingerprint density at radius 2 is 1.77 bits per heavy atom. The zero-order valence-corrected chi connectivity index (χ0v) is 12.4. The zero-order chi connectivity index (χ0) is 14.8. The van der Waals surface area contributed by atoms with Gasteiger partial charge in [0.25, 0.3) is 0 Å². The van der Waals surface area contributed by atoms with Crippen LogP contribution in [0.25, 0.3) is 11.1 Å². The first kappa shape index (κ1) is 13.0. The smallest absolute Gasteiger partial charge is 0.302 e. The van der Waals surface area contributed by atoms with Crippen molar-refractivity contribution in [2.24, 2.45) is 0 Å². The van der Waals surface area contributed by atoms with Crippen molar-refractivity contribution in [1.29, 1.82) is 0 Å². The molecule has 0 saturated carbocycles. The van der Waals surface area contributed by atoms with E-state index in [9.17, 15) is 0 Å². The van der Waals surface area contributed by atoms with Crippen LogP contribution in [0.15, 0.2) is 59.0 Å². The van der Waals surface area contributed by atoms with Gasteiger partial charge in [0.05, 0.1) is 0 Å². The molecular formula is C16H12N4OS. The molecule has 0 fully saturated rings. The number of rotatable bonds is 4. The Hall–Kier alpha value is -2.73. The lowest BCUT2D eigenvalue weighted by atomic mass is 10.2. The summed E-state index contributed by atoms with van der Waals surface area (Å²) >= 11 is 1.50. The molecule has 108 valence electrons. The van der Waals surface area contributed by atoms with E-state index in [2.05, 4.69) is 32.6 Å². The molecule has 0 aliphatic heterocycles. The van der Waals surface area contributed by atoms with Crippen LogP contribution in [-0.2, 0) is 6.42 Å². The Kier molecular flexibility index (Phi) is 3.29. The molecular weight excluding hydrogens is 296 g/mol. The molecule has 0 aliphatic rings. The van der Waals surface area contributed by atoms with Gasteiger partial charge in [0.1, 0.15) is 10.5 Å². The second kappa shape index (κ2) is 5.57. The number of nitrogens with one attached hydrogen (secondary N) is 1. The number of para-hydroxylation sites is 2. The number of hydrogen-bond donors (Lipinski definition) is 1. The summed E-state index contributed by atoms with van der Waals surface area (Å²) in [6, 6.07) is 18.3. The van der Waals surface area contributed by atoms with Crippen LogP contribution in [0, 0.1) is 0 Å². The largest absolute Gasteiger partial charge is 0.423 e. The Morgan fingerprint density at radius 3 is 2.64 bits per heavy atom. The maximum atomic E-state index is 5.62. The van der Waals surface area contributed by atoms with Crippen LogP contribution in [0.1, 0.15) is 10.6 Å². The SMILES string of the molecule is c1ccc(Cc2nnc(Nc3nc4ccccc4o3)s2)cc1. The number of oxazole rings is 1. The Labute approximate surface area is 130 Å². The third kappa shape index (κ3) is 2.68. The molecule has 4 rings (SSSR count). The first-order chi connectivity index (χ1) is 10.9. The molecule has 2 heterocycles. The maximum absolute atomic E-state index is 5.62. The van der Waals surface area contributed by atoms with E-state index < -0.39 is 0 Å². The van der Waals surface area contributed by atoms with Gasteiger partial charge in [-0.3, -0.25) is 5.32 Å². The highest BCUT2D eigenvalue weighted by molar-refractivity contribution is 7.15. The van der Waals surface area contributed by atoms with Crippen molar-refractivity contribution < 1.29 is 4.42 Å². The van der Waals surface area contributed by atoms with Gasteiger partial charge in [-0.1, -0.05) is 53.8 Å². The summed E-state index contributed by atoms with van der Waals surface area (Å²) < 4.78 is 5.62. The molecule has 5 nitrogen and oxygen atoms in total. The minimum Gasteiger partial charge on any atom is -0.423 e. The van der Waals surface area contributed by atoms with Crippen LogP contribution in [-0.4, -0.2) is 15.2 Å². The van der Waals surface area contributed by atoms with E-state index in [0.717, 1.165) is 22.5 Å². The van der Waals surface area contributed by atoms with Crippen LogP contribution in [0.2, 0.25) is 0 Å². The monoisotopic (exact) mass is 308 g/mol. The van der Waals surface area contributed by atoms with E-state index >= 15 is 0 Å². The van der Waals surface area contributed by atoms with Crippen LogP contribution in [0.5, 0.6) is 0 Å². The normalized spacial score (nSPS) is 10.9. The quantitative estimate of drug-likeness (QED) is 0.617. The van der Waals surface area contributed by atoms with Crippen LogP contribution < -0.4 is 5.32 Å². The molecule has 0 bridgehead atoms. The van der Waals surface area contributed by atoms with Gasteiger partial charge < -0.3 is 4.42 Å². The third-order valence-electron chi connectivity index (χ3n) is 3.17. The molecule has 0 radical (unpaired) electrons. The zero-order valence-electron chi connectivity index (χ0n) is 11.6. The first-order valence-electron chi connectivity index (χ1n) is 6.86. The first-order valence-corrected chi connectivity index (χ1v) is 7.67. The number of fused-ring (bicyclic) bond motifs is 1. The summed E-state index contributed by atoms with van der Waals surface area (Å²) in [5, 5.41) is 13.0. The number of anilines is 2. The Balaban J connectivity index is 1.51. The number of aromatic nitrogens is 3. The molecule has 2 aromatic carbocycles. The Morgan fingerprint density at radius 1 is 0.955 bits per heavy atom. The van der Waals surface area contributed by atoms with Crippen molar-refractivity contribution in [1.82, 2.24) is 15.2 Å². The van der Waals surface area contributed by atoms with E-state index in [1.807, 2.05) is 42.5 Å². The summed E-state index contributed by atoms with van der Waals surface area (Å²) in [4.78, 5) is 4.36. The van der Waals surface area contributed by atoms with Crippen LogP contribution in [0.3, 0.4) is 0 Å². The van der Waals surface area contributed by atoms with Crippen LogP contribution >= 0.6 is 11.3 Å². The molecule has 4 aromatic rings. The summed E-state index contributed by atoms with van der Waals surface area (Å²) in [5.41, 5.74) is 2.78. The molecule has 0 atom stereocenters. The predicted octanol–water partition coefficient (Wildman–Crippen LogP) is 4.01. The highest BCUT2D eigenvalue weighted by atomic mass is 32.1. The van der Waals surface area contributed by atoms with E-state index in [4.69, 9.17) is 4.42 Å². The van der Waals surface area contributed by atoms with Gasteiger partial charge in [-0.25, -0.2) is 0 Å². The fourth-order valence-corrected chi connectivity index (χ4v) is 2.93. The second-order valence-electron chi connectivity index (χ2n) is 4.78. The minimum atomic E-state index is 0.434. The van der Waals surface area contributed by atoms with Crippen molar-refractivity contribution in [3.63, 3.8) is 0 Å². The molecule has 0 aliphatic carbocycles. The lowest BCUT2D eigenvalue weighted by Crippen LogP contribution is -1.88.